The Balaban J connectivity index is 1.08. The van der Waals surface area contributed by atoms with Crippen LogP contribution >= 0.6 is 0 Å². The highest BCUT2D eigenvalue weighted by Gasteiger charge is 2.44. The molecule has 2 heterocycles. The highest BCUT2D eigenvalue weighted by molar-refractivity contribution is 7.00. The first-order chi connectivity index (χ1) is 33.1. The van der Waals surface area contributed by atoms with Gasteiger partial charge in [0.15, 0.2) is 0 Å². The maximum absolute atomic E-state index is 2.61. The standard InChI is InChI=1S/C64H41BN2/c1-38-25-27-40-35-61-56(33-42(40)31-38)65-57-34-43-32-39(2)26-28-41(43)36-62(57)67(58-22-11-21-54-50-17-7-5-16-48(50)49-18-9-10-20-53(49)63(54)58)60-24-12-23-59(64(60)65)66(61)44-29-30-52-47-15-4-3-13-45(47)46-14-6-8-19-51(46)55(52)37-44/h3-37H,1-2H3. The zero-order chi connectivity index (χ0) is 44.1. The van der Waals surface area contributed by atoms with E-state index in [4.69, 9.17) is 0 Å². The van der Waals surface area contributed by atoms with Crippen LogP contribution in [0.3, 0.4) is 0 Å². The van der Waals surface area contributed by atoms with Crippen molar-refractivity contribution in [3.63, 3.8) is 0 Å². The number of hydrogen-bond acceptors (Lipinski definition) is 2. The van der Waals surface area contributed by atoms with Crippen LogP contribution in [0.5, 0.6) is 0 Å². The second kappa shape index (κ2) is 13.6. The van der Waals surface area contributed by atoms with E-state index in [1.54, 1.807) is 0 Å². The van der Waals surface area contributed by atoms with Crippen LogP contribution in [0.1, 0.15) is 11.1 Å². The van der Waals surface area contributed by atoms with E-state index in [0.717, 1.165) is 5.69 Å². The second-order valence-corrected chi connectivity index (χ2v) is 18.9. The molecule has 2 aliphatic heterocycles. The van der Waals surface area contributed by atoms with Crippen molar-refractivity contribution in [3.05, 3.63) is 223 Å². The third-order valence-electron chi connectivity index (χ3n) is 15.2. The summed E-state index contributed by atoms with van der Waals surface area (Å²) in [4.78, 5) is 5.19. The largest absolute Gasteiger partial charge is 0.311 e. The summed E-state index contributed by atoms with van der Waals surface area (Å²) in [5, 5.41) is 20.3. The van der Waals surface area contributed by atoms with Crippen molar-refractivity contribution >= 4 is 143 Å². The first-order valence-corrected chi connectivity index (χ1v) is 23.5. The fraction of sp³-hybridized carbons (Fsp3) is 0.0312. The van der Waals surface area contributed by atoms with Crippen molar-refractivity contribution in [2.75, 3.05) is 9.80 Å². The van der Waals surface area contributed by atoms with Crippen LogP contribution in [0.2, 0.25) is 0 Å². The molecule has 0 aliphatic carbocycles. The zero-order valence-corrected chi connectivity index (χ0v) is 37.2. The topological polar surface area (TPSA) is 6.48 Å². The third-order valence-corrected chi connectivity index (χ3v) is 15.2. The predicted octanol–water partition coefficient (Wildman–Crippen LogP) is 15.6. The molecular weight excluding hydrogens is 808 g/mol. The average molecular weight is 849 g/mol. The van der Waals surface area contributed by atoms with Crippen LogP contribution in [-0.4, -0.2) is 6.71 Å². The van der Waals surface area contributed by atoms with Gasteiger partial charge in [-0.3, -0.25) is 0 Å². The smallest absolute Gasteiger partial charge is 0.252 e. The number of aryl methyl sites for hydroxylation is 2. The Hall–Kier alpha value is -8.40. The van der Waals surface area contributed by atoms with Crippen molar-refractivity contribution in [1.29, 1.82) is 0 Å². The molecule has 0 amide bonds. The van der Waals surface area contributed by atoms with Crippen molar-refractivity contribution in [1.82, 2.24) is 0 Å². The Bertz CT molecular complexity index is 4260. The van der Waals surface area contributed by atoms with Crippen molar-refractivity contribution in [3.8, 4) is 0 Å². The summed E-state index contributed by atoms with van der Waals surface area (Å²) in [7, 11) is 0. The van der Waals surface area contributed by atoms with Gasteiger partial charge in [0.2, 0.25) is 0 Å². The van der Waals surface area contributed by atoms with Crippen LogP contribution < -0.4 is 26.2 Å². The maximum Gasteiger partial charge on any atom is 0.252 e. The van der Waals surface area contributed by atoms with E-state index in [9.17, 15) is 0 Å². The van der Waals surface area contributed by atoms with E-state index in [2.05, 4.69) is 236 Å². The molecule has 310 valence electrons. The molecule has 2 nitrogen and oxygen atoms in total. The molecule has 67 heavy (non-hydrogen) atoms. The molecule has 13 aromatic rings. The van der Waals surface area contributed by atoms with Crippen molar-refractivity contribution in [2.24, 2.45) is 0 Å². The summed E-state index contributed by atoms with van der Waals surface area (Å²) >= 11 is 0. The first kappa shape index (κ1) is 36.9. The summed E-state index contributed by atoms with van der Waals surface area (Å²) in [5.41, 5.74) is 13.7. The summed E-state index contributed by atoms with van der Waals surface area (Å²) < 4.78 is 0. The number of hydrogen-bond donors (Lipinski definition) is 0. The van der Waals surface area contributed by atoms with Gasteiger partial charge in [-0.05, 0) is 153 Å². The number of anilines is 6. The molecule has 0 fully saturated rings. The van der Waals surface area contributed by atoms with Crippen molar-refractivity contribution < 1.29 is 0 Å². The van der Waals surface area contributed by atoms with E-state index in [-0.39, 0.29) is 6.71 Å². The normalized spacial score (nSPS) is 13.1. The highest BCUT2D eigenvalue weighted by Crippen LogP contribution is 2.49. The van der Waals surface area contributed by atoms with Gasteiger partial charge in [-0.15, -0.1) is 0 Å². The van der Waals surface area contributed by atoms with Crippen LogP contribution in [0, 0.1) is 13.8 Å². The van der Waals surface area contributed by atoms with E-state index in [0.29, 0.717) is 0 Å². The third kappa shape index (κ3) is 5.11. The monoisotopic (exact) mass is 848 g/mol. The van der Waals surface area contributed by atoms with Gasteiger partial charge in [0.25, 0.3) is 6.71 Å². The summed E-state index contributed by atoms with van der Waals surface area (Å²) in [6.07, 6.45) is 0. The Kier molecular flexibility index (Phi) is 7.47. The SMILES string of the molecule is Cc1ccc2cc3c(cc2c1)B1c2cc4cc(C)ccc4cc2N(c2cccc4c5ccccc5c5ccccc5c24)c2cccc(c21)N3c1ccc2c3ccccc3c3ccccc3c2c1. The molecular formula is C64H41BN2. The molecule has 0 aromatic heterocycles. The minimum Gasteiger partial charge on any atom is -0.311 e. The molecule has 13 aromatic carbocycles. The number of fused-ring (bicyclic) bond motifs is 18. The molecule has 0 N–H and O–H groups in total. The molecule has 0 bridgehead atoms. The van der Waals surface area contributed by atoms with Crippen molar-refractivity contribution in [2.45, 2.75) is 13.8 Å². The van der Waals surface area contributed by atoms with Gasteiger partial charge in [-0.1, -0.05) is 181 Å². The number of rotatable bonds is 2. The van der Waals surface area contributed by atoms with Gasteiger partial charge in [0.05, 0.1) is 5.69 Å². The van der Waals surface area contributed by atoms with E-state index >= 15 is 0 Å². The fourth-order valence-corrected chi connectivity index (χ4v) is 12.4. The lowest BCUT2D eigenvalue weighted by Crippen LogP contribution is -2.61. The molecule has 0 radical (unpaired) electrons. The predicted molar refractivity (Wildman–Crippen MR) is 290 cm³/mol. The van der Waals surface area contributed by atoms with Gasteiger partial charge in [-0.25, -0.2) is 0 Å². The summed E-state index contributed by atoms with van der Waals surface area (Å²) in [5.74, 6) is 0. The Morgan fingerprint density at radius 3 is 1.25 bits per heavy atom. The molecule has 3 heteroatoms. The van der Waals surface area contributed by atoms with Gasteiger partial charge < -0.3 is 9.80 Å². The molecule has 2 aliphatic rings. The Labute approximate surface area is 388 Å². The molecule has 15 rings (SSSR count). The average Bonchev–Trinajstić information content (AvgIpc) is 3.37. The van der Waals surface area contributed by atoms with Crippen LogP contribution in [0.15, 0.2) is 212 Å². The quantitative estimate of drug-likeness (QED) is 0.126. The lowest BCUT2D eigenvalue weighted by Gasteiger charge is -2.44. The van der Waals surface area contributed by atoms with Crippen LogP contribution in [-0.2, 0) is 0 Å². The molecule has 0 unspecified atom stereocenters. The summed E-state index contributed by atoms with van der Waals surface area (Å²) in [6, 6.07) is 80.7. The molecule has 0 saturated heterocycles. The van der Waals surface area contributed by atoms with Gasteiger partial charge in [0, 0.05) is 33.8 Å². The Morgan fingerprint density at radius 2 is 0.701 bits per heavy atom. The lowest BCUT2D eigenvalue weighted by molar-refractivity contribution is 1.27. The first-order valence-electron chi connectivity index (χ1n) is 23.5. The number of benzene rings is 13. The lowest BCUT2D eigenvalue weighted by atomic mass is 9.33. The minimum atomic E-state index is -0.0173. The molecule has 0 atom stereocenters. The molecule has 0 saturated carbocycles. The number of nitrogens with zero attached hydrogens (tertiary/aromatic N) is 2. The molecule has 0 spiro atoms. The Morgan fingerprint density at radius 1 is 0.284 bits per heavy atom. The van der Waals surface area contributed by atoms with E-state index in [1.807, 2.05) is 0 Å². The maximum atomic E-state index is 2.61. The highest BCUT2D eigenvalue weighted by atomic mass is 15.2. The fourth-order valence-electron chi connectivity index (χ4n) is 12.4. The van der Waals surface area contributed by atoms with Gasteiger partial charge in [-0.2, -0.15) is 0 Å². The zero-order valence-electron chi connectivity index (χ0n) is 37.2. The van der Waals surface area contributed by atoms with Crippen LogP contribution in [0.25, 0.3) is 86.2 Å². The summed E-state index contributed by atoms with van der Waals surface area (Å²) in [6.45, 7) is 4.40. The van der Waals surface area contributed by atoms with E-state index in [1.165, 1.54) is 142 Å². The minimum absolute atomic E-state index is 0.0173. The van der Waals surface area contributed by atoms with Gasteiger partial charge >= 0.3 is 0 Å². The second-order valence-electron chi connectivity index (χ2n) is 18.9. The van der Waals surface area contributed by atoms with E-state index < -0.39 is 0 Å². The van der Waals surface area contributed by atoms with Gasteiger partial charge in [0.1, 0.15) is 0 Å². The van der Waals surface area contributed by atoms with Crippen LogP contribution in [0.4, 0.5) is 34.1 Å².